The van der Waals surface area contributed by atoms with Crippen LogP contribution in [-0.4, -0.2) is 73.1 Å². The molecular formula is C17H27N5O5S. The van der Waals surface area contributed by atoms with Crippen molar-refractivity contribution in [1.82, 2.24) is 20.0 Å². The van der Waals surface area contributed by atoms with Gasteiger partial charge in [0.25, 0.3) is 0 Å². The third kappa shape index (κ3) is 4.50. The average molecular weight is 414 g/mol. The van der Waals surface area contributed by atoms with Gasteiger partial charge in [-0.05, 0) is 12.8 Å². The van der Waals surface area contributed by atoms with Crippen LogP contribution in [0.1, 0.15) is 36.0 Å². The summed E-state index contributed by atoms with van der Waals surface area (Å²) in [5.41, 5.74) is 1.73. The van der Waals surface area contributed by atoms with Gasteiger partial charge in [0.15, 0.2) is 11.4 Å². The third-order valence-electron chi connectivity index (χ3n) is 4.63. The molecule has 0 aromatic carbocycles. The predicted octanol–water partition coefficient (Wildman–Crippen LogP) is 0.233. The lowest BCUT2D eigenvalue weighted by Crippen LogP contribution is -2.58. The van der Waals surface area contributed by atoms with E-state index in [0.29, 0.717) is 18.2 Å². The minimum atomic E-state index is -1.36. The second-order valence-electron chi connectivity index (χ2n) is 7.16. The second kappa shape index (κ2) is 8.80. The van der Waals surface area contributed by atoms with E-state index in [1.54, 1.807) is 17.5 Å². The Bertz CT molecular complexity index is 780. The Hall–Kier alpha value is -1.63. The molecule has 0 amide bonds. The normalized spacial score (nSPS) is 28.1. The Morgan fingerprint density at radius 3 is 2.68 bits per heavy atom. The molecule has 0 radical (unpaired) electrons. The van der Waals surface area contributed by atoms with Crippen molar-refractivity contribution < 1.29 is 24.8 Å². The summed E-state index contributed by atoms with van der Waals surface area (Å²) in [4.78, 5) is 5.78. The minimum Gasteiger partial charge on any atom is -0.388 e. The number of methoxy groups -OCH3 is 1. The zero-order valence-electron chi connectivity index (χ0n) is 16.3. The van der Waals surface area contributed by atoms with Crippen LogP contribution in [-0.2, 0) is 22.6 Å². The first-order chi connectivity index (χ1) is 13.3. The first-order valence-electron chi connectivity index (χ1n) is 9.12. The topological polar surface area (TPSA) is 135 Å². The van der Waals surface area contributed by atoms with Crippen molar-refractivity contribution >= 4 is 16.5 Å². The van der Waals surface area contributed by atoms with E-state index in [1.165, 1.54) is 16.7 Å². The van der Waals surface area contributed by atoms with E-state index < -0.39 is 30.7 Å². The van der Waals surface area contributed by atoms with E-state index in [9.17, 15) is 15.3 Å². The van der Waals surface area contributed by atoms with Crippen molar-refractivity contribution in [3.05, 3.63) is 22.5 Å². The number of ether oxygens (including phenoxy) is 2. The molecule has 2 aromatic rings. The highest BCUT2D eigenvalue weighted by Gasteiger charge is 2.44. The Labute approximate surface area is 167 Å². The number of nitrogens with zero attached hydrogens (tertiary/aromatic N) is 4. The number of anilines is 1. The van der Waals surface area contributed by atoms with Gasteiger partial charge in [0.2, 0.25) is 0 Å². The SMILES string of the molecule is COC1OC(Cn2cc(CNc3nc(C)c(C(C)C)s3)nn2)C(O)C(O)C1O. The first-order valence-corrected chi connectivity index (χ1v) is 9.94. The quantitative estimate of drug-likeness (QED) is 0.503. The van der Waals surface area contributed by atoms with Crippen molar-refractivity contribution in [3.8, 4) is 0 Å². The smallest absolute Gasteiger partial charge is 0.186 e. The molecular weight excluding hydrogens is 386 g/mol. The van der Waals surface area contributed by atoms with Gasteiger partial charge in [-0.1, -0.05) is 19.1 Å². The molecule has 0 saturated carbocycles. The van der Waals surface area contributed by atoms with Crippen LogP contribution in [0.15, 0.2) is 6.20 Å². The van der Waals surface area contributed by atoms with Crippen molar-refractivity contribution in [2.75, 3.05) is 12.4 Å². The van der Waals surface area contributed by atoms with Gasteiger partial charge in [0.05, 0.1) is 25.0 Å². The predicted molar refractivity (Wildman–Crippen MR) is 102 cm³/mol. The Kier molecular flexibility index (Phi) is 6.63. The number of aliphatic hydroxyl groups is 3. The van der Waals surface area contributed by atoms with Crippen LogP contribution in [0.5, 0.6) is 0 Å². The summed E-state index contributed by atoms with van der Waals surface area (Å²) < 4.78 is 12.0. The number of rotatable bonds is 7. The second-order valence-corrected chi connectivity index (χ2v) is 8.19. The molecule has 28 heavy (non-hydrogen) atoms. The lowest BCUT2D eigenvalue weighted by molar-refractivity contribution is -0.292. The van der Waals surface area contributed by atoms with Crippen molar-refractivity contribution in [2.45, 2.75) is 70.5 Å². The summed E-state index contributed by atoms with van der Waals surface area (Å²) in [5.74, 6) is 0.431. The Morgan fingerprint density at radius 2 is 2.04 bits per heavy atom. The van der Waals surface area contributed by atoms with Gasteiger partial charge in [0.1, 0.15) is 30.1 Å². The molecule has 10 nitrogen and oxygen atoms in total. The maximum absolute atomic E-state index is 10.1. The Morgan fingerprint density at radius 1 is 1.29 bits per heavy atom. The number of hydrogen-bond acceptors (Lipinski definition) is 10. The molecule has 1 aliphatic heterocycles. The number of thiazole rings is 1. The van der Waals surface area contributed by atoms with Gasteiger partial charge in [-0.3, -0.25) is 0 Å². The maximum Gasteiger partial charge on any atom is 0.186 e. The molecule has 3 rings (SSSR count). The zero-order chi connectivity index (χ0) is 20.4. The maximum atomic E-state index is 10.1. The molecule has 1 aliphatic rings. The number of hydrogen-bond donors (Lipinski definition) is 4. The van der Waals surface area contributed by atoms with Gasteiger partial charge in [-0.15, -0.1) is 16.4 Å². The fraction of sp³-hybridized carbons (Fsp3) is 0.706. The molecule has 0 aliphatic carbocycles. The summed E-state index contributed by atoms with van der Waals surface area (Å²) in [6.07, 6.45) is -4.02. The highest BCUT2D eigenvalue weighted by atomic mass is 32.1. The van der Waals surface area contributed by atoms with Crippen molar-refractivity contribution in [1.29, 1.82) is 0 Å². The fourth-order valence-electron chi connectivity index (χ4n) is 3.14. The highest BCUT2D eigenvalue weighted by molar-refractivity contribution is 7.15. The van der Waals surface area contributed by atoms with Crippen LogP contribution >= 0.6 is 11.3 Å². The average Bonchev–Trinajstić information content (AvgIpc) is 3.26. The first kappa shape index (κ1) is 21.1. The lowest BCUT2D eigenvalue weighted by atomic mass is 9.99. The standard InChI is InChI=1S/C17H27N5O5S/c1-8(2)15-9(3)19-17(28-15)18-5-10-6-22(21-20-10)7-11-12(23)13(24)14(25)16(26-4)27-11/h6,8,11-14,16,23-25H,5,7H2,1-4H3,(H,18,19). The molecule has 3 heterocycles. The van der Waals surface area contributed by atoms with Gasteiger partial charge in [-0.25, -0.2) is 9.67 Å². The zero-order valence-corrected chi connectivity index (χ0v) is 17.1. The summed E-state index contributed by atoms with van der Waals surface area (Å²) in [7, 11) is 1.36. The summed E-state index contributed by atoms with van der Waals surface area (Å²) in [6.45, 7) is 6.90. The molecule has 0 bridgehead atoms. The van der Waals surface area contributed by atoms with Crippen LogP contribution in [0.25, 0.3) is 0 Å². The van der Waals surface area contributed by atoms with E-state index in [-0.39, 0.29) is 6.54 Å². The van der Waals surface area contributed by atoms with Crippen LogP contribution in [0.2, 0.25) is 0 Å². The molecule has 4 N–H and O–H groups in total. The number of nitrogens with one attached hydrogen (secondary N) is 1. The van der Waals surface area contributed by atoms with E-state index in [0.717, 1.165) is 10.8 Å². The van der Waals surface area contributed by atoms with E-state index in [4.69, 9.17) is 9.47 Å². The van der Waals surface area contributed by atoms with Gasteiger partial charge >= 0.3 is 0 Å². The van der Waals surface area contributed by atoms with Crippen LogP contribution in [0, 0.1) is 6.92 Å². The minimum absolute atomic E-state index is 0.158. The summed E-state index contributed by atoms with van der Waals surface area (Å²) in [5, 5.41) is 42.1. The van der Waals surface area contributed by atoms with E-state index >= 15 is 0 Å². The van der Waals surface area contributed by atoms with Gasteiger partial charge in [0, 0.05) is 12.0 Å². The third-order valence-corrected chi connectivity index (χ3v) is 6.05. The number of aryl methyl sites for hydroxylation is 1. The van der Waals surface area contributed by atoms with Gasteiger partial charge < -0.3 is 30.1 Å². The summed E-state index contributed by atoms with van der Waals surface area (Å²) in [6, 6.07) is 0. The monoisotopic (exact) mass is 413 g/mol. The molecule has 1 fully saturated rings. The summed E-state index contributed by atoms with van der Waals surface area (Å²) >= 11 is 1.63. The molecule has 156 valence electrons. The van der Waals surface area contributed by atoms with E-state index in [2.05, 4.69) is 34.5 Å². The lowest BCUT2D eigenvalue weighted by Gasteiger charge is -2.39. The van der Waals surface area contributed by atoms with Crippen molar-refractivity contribution in [3.63, 3.8) is 0 Å². The van der Waals surface area contributed by atoms with Crippen LogP contribution in [0.4, 0.5) is 5.13 Å². The van der Waals surface area contributed by atoms with E-state index in [1.807, 2.05) is 6.92 Å². The molecule has 2 aromatic heterocycles. The molecule has 5 unspecified atom stereocenters. The molecule has 1 saturated heterocycles. The number of aromatic nitrogens is 4. The van der Waals surface area contributed by atoms with Crippen LogP contribution in [0.3, 0.4) is 0 Å². The van der Waals surface area contributed by atoms with Crippen molar-refractivity contribution in [2.24, 2.45) is 0 Å². The molecule has 11 heteroatoms. The van der Waals surface area contributed by atoms with Crippen LogP contribution < -0.4 is 5.32 Å². The molecule has 5 atom stereocenters. The fourth-order valence-corrected chi connectivity index (χ4v) is 4.11. The van der Waals surface area contributed by atoms with Gasteiger partial charge in [-0.2, -0.15) is 0 Å². The number of aliphatic hydroxyl groups excluding tert-OH is 3. The highest BCUT2D eigenvalue weighted by Crippen LogP contribution is 2.29. The largest absolute Gasteiger partial charge is 0.388 e. The Balaban J connectivity index is 1.59. The molecule has 0 spiro atoms.